The highest BCUT2D eigenvalue weighted by molar-refractivity contribution is 7.99. The fraction of sp³-hybridized carbons (Fsp3) is 0.933. The zero-order valence-corrected chi connectivity index (χ0v) is 13.5. The Morgan fingerprint density at radius 2 is 1.95 bits per heavy atom. The summed E-state index contributed by atoms with van der Waals surface area (Å²) in [5, 5.41) is 3.60. The van der Waals surface area contributed by atoms with Crippen LogP contribution in [0.25, 0.3) is 0 Å². The minimum atomic E-state index is 0.0503. The Kier molecular flexibility index (Phi) is 5.18. The number of amides is 1. The number of thioether (sulfide) groups is 1. The largest absolute Gasteiger partial charge is 0.322 e. The highest BCUT2D eigenvalue weighted by Crippen LogP contribution is 2.30. The van der Waals surface area contributed by atoms with Gasteiger partial charge in [0, 0.05) is 11.8 Å². The molecule has 0 radical (unpaired) electrons. The minimum Gasteiger partial charge on any atom is -0.322 e. The van der Waals surface area contributed by atoms with Crippen molar-refractivity contribution in [3.05, 3.63) is 0 Å². The van der Waals surface area contributed by atoms with E-state index in [1.807, 2.05) is 11.8 Å². The fourth-order valence-electron chi connectivity index (χ4n) is 3.16. The Labute approximate surface area is 121 Å². The van der Waals surface area contributed by atoms with Gasteiger partial charge in [-0.05, 0) is 36.9 Å². The zero-order valence-electron chi connectivity index (χ0n) is 12.7. The molecule has 0 aromatic carbocycles. The fourth-order valence-corrected chi connectivity index (χ4v) is 4.37. The molecule has 0 aromatic rings. The van der Waals surface area contributed by atoms with E-state index in [1.54, 1.807) is 0 Å². The van der Waals surface area contributed by atoms with Gasteiger partial charge in [-0.2, -0.15) is 11.8 Å². The van der Waals surface area contributed by atoms with Gasteiger partial charge >= 0.3 is 0 Å². The Bertz CT molecular complexity index is 313. The normalized spacial score (nSPS) is 32.0. The molecule has 0 aliphatic carbocycles. The van der Waals surface area contributed by atoms with Crippen LogP contribution in [-0.2, 0) is 4.79 Å². The third-order valence-electron chi connectivity index (χ3n) is 3.98. The van der Waals surface area contributed by atoms with Crippen LogP contribution in [0, 0.1) is 11.8 Å². The van der Waals surface area contributed by atoms with Crippen molar-refractivity contribution in [2.75, 3.05) is 11.5 Å². The molecule has 19 heavy (non-hydrogen) atoms. The summed E-state index contributed by atoms with van der Waals surface area (Å²) in [6, 6.07) is 0.514. The molecule has 1 amide bonds. The zero-order chi connectivity index (χ0) is 14.0. The van der Waals surface area contributed by atoms with Gasteiger partial charge in [0.2, 0.25) is 5.91 Å². The van der Waals surface area contributed by atoms with Gasteiger partial charge in [-0.15, -0.1) is 0 Å². The lowest BCUT2D eigenvalue weighted by Gasteiger charge is -2.30. The molecule has 3 atom stereocenters. The molecular weight excluding hydrogens is 256 g/mol. The Morgan fingerprint density at radius 1 is 1.26 bits per heavy atom. The van der Waals surface area contributed by atoms with Crippen LogP contribution >= 0.6 is 11.8 Å². The monoisotopic (exact) mass is 284 g/mol. The molecule has 1 N–H and O–H groups in total. The average molecular weight is 284 g/mol. The third kappa shape index (κ3) is 3.66. The predicted octanol–water partition coefficient (Wildman–Crippen LogP) is 2.71. The van der Waals surface area contributed by atoms with E-state index in [0.29, 0.717) is 23.8 Å². The quantitative estimate of drug-likeness (QED) is 0.842. The van der Waals surface area contributed by atoms with Crippen molar-refractivity contribution in [2.45, 2.75) is 65.2 Å². The molecule has 2 aliphatic rings. The van der Waals surface area contributed by atoms with Crippen molar-refractivity contribution in [3.8, 4) is 0 Å². The summed E-state index contributed by atoms with van der Waals surface area (Å²) in [4.78, 5) is 14.9. The van der Waals surface area contributed by atoms with Crippen LogP contribution in [0.1, 0.15) is 47.0 Å². The van der Waals surface area contributed by atoms with E-state index < -0.39 is 0 Å². The van der Waals surface area contributed by atoms with Gasteiger partial charge in [0.05, 0.1) is 12.2 Å². The van der Waals surface area contributed by atoms with Gasteiger partial charge in [-0.25, -0.2) is 0 Å². The summed E-state index contributed by atoms with van der Waals surface area (Å²) in [7, 11) is 0. The smallest absolute Gasteiger partial charge is 0.241 e. The number of nitrogens with zero attached hydrogens (tertiary/aromatic N) is 1. The summed E-state index contributed by atoms with van der Waals surface area (Å²) >= 11 is 1.99. The van der Waals surface area contributed by atoms with Crippen molar-refractivity contribution in [2.24, 2.45) is 11.8 Å². The summed E-state index contributed by atoms with van der Waals surface area (Å²) < 4.78 is 0. The molecule has 3 unspecified atom stereocenters. The van der Waals surface area contributed by atoms with Gasteiger partial charge in [0.1, 0.15) is 0 Å². The maximum absolute atomic E-state index is 12.7. The van der Waals surface area contributed by atoms with E-state index in [4.69, 9.17) is 0 Å². The highest BCUT2D eigenvalue weighted by Gasteiger charge is 2.43. The van der Waals surface area contributed by atoms with E-state index in [9.17, 15) is 4.79 Å². The number of carbonyl (C=O) groups is 1. The molecule has 0 spiro atoms. The Hall–Kier alpha value is -0.220. The van der Waals surface area contributed by atoms with E-state index in [-0.39, 0.29) is 12.2 Å². The van der Waals surface area contributed by atoms with E-state index in [2.05, 4.69) is 37.9 Å². The van der Waals surface area contributed by atoms with E-state index >= 15 is 0 Å². The van der Waals surface area contributed by atoms with Crippen molar-refractivity contribution in [3.63, 3.8) is 0 Å². The van der Waals surface area contributed by atoms with Crippen LogP contribution in [0.4, 0.5) is 0 Å². The second kappa shape index (κ2) is 6.49. The number of hydrogen-bond donors (Lipinski definition) is 1. The van der Waals surface area contributed by atoms with Crippen molar-refractivity contribution >= 4 is 17.7 Å². The molecule has 2 aliphatic heterocycles. The lowest BCUT2D eigenvalue weighted by molar-refractivity contribution is -0.132. The minimum absolute atomic E-state index is 0.0503. The molecule has 2 saturated heterocycles. The van der Waals surface area contributed by atoms with Crippen LogP contribution in [0.15, 0.2) is 0 Å². The highest BCUT2D eigenvalue weighted by atomic mass is 32.2. The SMILES string of the molecule is CC(C)CC1NC(CC(C)C)N(C2CCSC2)C1=O. The number of carbonyl (C=O) groups excluding carboxylic acids is 1. The third-order valence-corrected chi connectivity index (χ3v) is 5.13. The molecule has 2 heterocycles. The molecule has 2 fully saturated rings. The predicted molar refractivity (Wildman–Crippen MR) is 82.2 cm³/mol. The van der Waals surface area contributed by atoms with Gasteiger partial charge in [-0.3, -0.25) is 10.1 Å². The number of nitrogens with one attached hydrogen (secondary N) is 1. The molecule has 2 rings (SSSR count). The van der Waals surface area contributed by atoms with Gasteiger partial charge < -0.3 is 4.90 Å². The lowest BCUT2D eigenvalue weighted by Crippen LogP contribution is -2.45. The molecule has 3 nitrogen and oxygen atoms in total. The van der Waals surface area contributed by atoms with Crippen LogP contribution < -0.4 is 5.32 Å². The van der Waals surface area contributed by atoms with Crippen molar-refractivity contribution < 1.29 is 4.79 Å². The lowest BCUT2D eigenvalue weighted by atomic mass is 10.0. The summed E-state index contributed by atoms with van der Waals surface area (Å²) in [5.41, 5.74) is 0. The van der Waals surface area contributed by atoms with Crippen LogP contribution in [0.5, 0.6) is 0 Å². The topological polar surface area (TPSA) is 32.3 Å². The first kappa shape index (κ1) is 15.2. The first-order valence-corrected chi connectivity index (χ1v) is 8.80. The van der Waals surface area contributed by atoms with Gasteiger partial charge in [0.25, 0.3) is 0 Å². The van der Waals surface area contributed by atoms with Gasteiger partial charge in [0.15, 0.2) is 0 Å². The maximum atomic E-state index is 12.7. The van der Waals surface area contributed by atoms with Crippen molar-refractivity contribution in [1.82, 2.24) is 10.2 Å². The van der Waals surface area contributed by atoms with E-state index in [0.717, 1.165) is 18.6 Å². The van der Waals surface area contributed by atoms with E-state index in [1.165, 1.54) is 12.2 Å². The van der Waals surface area contributed by atoms with Crippen LogP contribution in [-0.4, -0.2) is 40.6 Å². The molecular formula is C15H28N2OS. The molecule has 110 valence electrons. The van der Waals surface area contributed by atoms with Crippen molar-refractivity contribution in [1.29, 1.82) is 0 Å². The standard InChI is InChI=1S/C15H28N2OS/c1-10(2)7-13-15(18)17(12-5-6-19-9-12)14(16-13)8-11(3)4/h10-14,16H,5-9H2,1-4H3. The first-order chi connectivity index (χ1) is 8.99. The number of hydrogen-bond acceptors (Lipinski definition) is 3. The summed E-state index contributed by atoms with van der Waals surface area (Å²) in [6.07, 6.45) is 3.46. The van der Waals surface area contributed by atoms with Crippen LogP contribution in [0.2, 0.25) is 0 Å². The Morgan fingerprint density at radius 3 is 2.47 bits per heavy atom. The molecule has 0 saturated carbocycles. The Balaban J connectivity index is 2.08. The van der Waals surface area contributed by atoms with Gasteiger partial charge in [-0.1, -0.05) is 27.7 Å². The van der Waals surface area contributed by atoms with Crippen LogP contribution in [0.3, 0.4) is 0 Å². The summed E-state index contributed by atoms with van der Waals surface area (Å²) in [6.45, 7) is 8.87. The average Bonchev–Trinajstić information content (AvgIpc) is 2.87. The summed E-state index contributed by atoms with van der Waals surface area (Å²) in [5.74, 6) is 3.87. The molecule has 4 heteroatoms. The second-order valence-corrected chi connectivity index (χ2v) is 7.91. The second-order valence-electron chi connectivity index (χ2n) is 6.76. The molecule has 0 aromatic heterocycles. The molecule has 0 bridgehead atoms. The first-order valence-electron chi connectivity index (χ1n) is 7.65. The maximum Gasteiger partial charge on any atom is 0.241 e. The number of rotatable bonds is 5.